The summed E-state index contributed by atoms with van der Waals surface area (Å²) in [6.45, 7) is 2.06. The van der Waals surface area contributed by atoms with Crippen LogP contribution in [0.4, 0.5) is 0 Å². The van der Waals surface area contributed by atoms with Crippen LogP contribution in [0.2, 0.25) is 5.02 Å². The number of benzene rings is 1. The number of carbonyl (C=O) groups is 1. The minimum atomic E-state index is 0.210. The van der Waals surface area contributed by atoms with Crippen LogP contribution < -0.4 is 0 Å². The molecule has 1 unspecified atom stereocenters. The van der Waals surface area contributed by atoms with Crippen molar-refractivity contribution in [2.75, 3.05) is 0 Å². The first-order valence-electron chi connectivity index (χ1n) is 6.45. The van der Waals surface area contributed by atoms with E-state index in [1.54, 1.807) is 0 Å². The lowest BCUT2D eigenvalue weighted by Gasteiger charge is -2.08. The van der Waals surface area contributed by atoms with E-state index >= 15 is 0 Å². The number of para-hydroxylation sites is 1. The Morgan fingerprint density at radius 1 is 1.44 bits per heavy atom. The molecule has 0 amide bonds. The molecule has 1 aromatic carbocycles. The number of hydrogen-bond donors (Lipinski definition) is 1. The predicted octanol–water partition coefficient (Wildman–Crippen LogP) is 4.04. The lowest BCUT2D eigenvalue weighted by molar-refractivity contribution is -0.120. The van der Waals surface area contributed by atoms with Crippen molar-refractivity contribution >= 4 is 28.3 Å². The van der Waals surface area contributed by atoms with Crippen LogP contribution in [0.15, 0.2) is 18.2 Å². The zero-order valence-corrected chi connectivity index (χ0v) is 11.2. The summed E-state index contributed by atoms with van der Waals surface area (Å²) >= 11 is 6.19. The molecule has 0 radical (unpaired) electrons. The number of aryl methyl sites for hydroxylation is 1. The van der Waals surface area contributed by atoms with E-state index in [0.29, 0.717) is 5.78 Å². The molecule has 1 fully saturated rings. The third-order valence-corrected chi connectivity index (χ3v) is 4.30. The standard InChI is InChI=1S/C15H16ClNO/c1-9-12(8-10-4-2-7-14(10)18)11-5-3-6-13(16)15(11)17-9/h3,5-6,10,17H,2,4,7-8H2,1H3. The maximum Gasteiger partial charge on any atom is 0.136 e. The molecule has 2 aromatic rings. The molecule has 0 spiro atoms. The maximum absolute atomic E-state index is 11.8. The molecule has 0 saturated heterocycles. The predicted molar refractivity (Wildman–Crippen MR) is 74.1 cm³/mol. The smallest absolute Gasteiger partial charge is 0.136 e. The van der Waals surface area contributed by atoms with E-state index in [4.69, 9.17) is 11.6 Å². The molecule has 1 heterocycles. The van der Waals surface area contributed by atoms with Gasteiger partial charge in [-0.3, -0.25) is 4.79 Å². The Hall–Kier alpha value is -1.28. The van der Waals surface area contributed by atoms with Gasteiger partial charge in [0.1, 0.15) is 5.78 Å². The number of halogens is 1. The number of aromatic nitrogens is 1. The Morgan fingerprint density at radius 2 is 2.28 bits per heavy atom. The van der Waals surface area contributed by atoms with Crippen molar-refractivity contribution in [3.63, 3.8) is 0 Å². The first-order chi connectivity index (χ1) is 8.66. The van der Waals surface area contributed by atoms with Gasteiger partial charge in [-0.15, -0.1) is 0 Å². The van der Waals surface area contributed by atoms with E-state index in [1.807, 2.05) is 12.1 Å². The van der Waals surface area contributed by atoms with E-state index in [1.165, 1.54) is 10.9 Å². The van der Waals surface area contributed by atoms with Crippen LogP contribution in [0.1, 0.15) is 30.5 Å². The summed E-state index contributed by atoms with van der Waals surface area (Å²) in [6, 6.07) is 5.95. The molecule has 1 aliphatic carbocycles. The largest absolute Gasteiger partial charge is 0.357 e. The van der Waals surface area contributed by atoms with Gasteiger partial charge in [0.2, 0.25) is 0 Å². The van der Waals surface area contributed by atoms with Crippen LogP contribution in [-0.4, -0.2) is 10.8 Å². The SMILES string of the molecule is Cc1[nH]c2c(Cl)cccc2c1CC1CCCC1=O. The van der Waals surface area contributed by atoms with Gasteiger partial charge in [-0.25, -0.2) is 0 Å². The molecule has 1 aliphatic rings. The van der Waals surface area contributed by atoms with Gasteiger partial charge in [-0.1, -0.05) is 23.7 Å². The Labute approximate surface area is 111 Å². The van der Waals surface area contributed by atoms with Crippen molar-refractivity contribution in [1.82, 2.24) is 4.98 Å². The topological polar surface area (TPSA) is 32.9 Å². The first kappa shape index (κ1) is 11.8. The first-order valence-corrected chi connectivity index (χ1v) is 6.83. The van der Waals surface area contributed by atoms with Crippen LogP contribution in [0.3, 0.4) is 0 Å². The Kier molecular flexibility index (Phi) is 2.90. The molecule has 0 aliphatic heterocycles. The number of H-pyrrole nitrogens is 1. The molecule has 1 atom stereocenters. The molecule has 0 bridgehead atoms. The molecule has 94 valence electrons. The van der Waals surface area contributed by atoms with E-state index in [-0.39, 0.29) is 5.92 Å². The van der Waals surface area contributed by atoms with Crippen LogP contribution in [0, 0.1) is 12.8 Å². The summed E-state index contributed by atoms with van der Waals surface area (Å²) in [4.78, 5) is 15.1. The molecule has 1 aromatic heterocycles. The van der Waals surface area contributed by atoms with E-state index in [9.17, 15) is 4.79 Å². The lowest BCUT2D eigenvalue weighted by atomic mass is 9.95. The van der Waals surface area contributed by atoms with Gasteiger partial charge in [0.05, 0.1) is 10.5 Å². The number of hydrogen-bond acceptors (Lipinski definition) is 1. The highest BCUT2D eigenvalue weighted by atomic mass is 35.5. The van der Waals surface area contributed by atoms with Gasteiger partial charge in [0.15, 0.2) is 0 Å². The van der Waals surface area contributed by atoms with Crippen LogP contribution in [0.5, 0.6) is 0 Å². The van der Waals surface area contributed by atoms with Crippen molar-refractivity contribution < 1.29 is 4.79 Å². The van der Waals surface area contributed by atoms with E-state index < -0.39 is 0 Å². The molecule has 3 rings (SSSR count). The van der Waals surface area contributed by atoms with Crippen molar-refractivity contribution in [1.29, 1.82) is 0 Å². The van der Waals surface area contributed by atoms with Crippen LogP contribution in [0.25, 0.3) is 10.9 Å². The minimum Gasteiger partial charge on any atom is -0.357 e. The van der Waals surface area contributed by atoms with Crippen molar-refractivity contribution in [2.45, 2.75) is 32.6 Å². The van der Waals surface area contributed by atoms with E-state index in [0.717, 1.165) is 41.9 Å². The molecule has 18 heavy (non-hydrogen) atoms. The zero-order chi connectivity index (χ0) is 12.7. The Balaban J connectivity index is 2.03. The average Bonchev–Trinajstić information content (AvgIpc) is 2.87. The second kappa shape index (κ2) is 4.43. The number of ketones is 1. The summed E-state index contributed by atoms with van der Waals surface area (Å²) < 4.78 is 0. The highest BCUT2D eigenvalue weighted by molar-refractivity contribution is 6.35. The molecule has 2 nitrogen and oxygen atoms in total. The van der Waals surface area contributed by atoms with E-state index in [2.05, 4.69) is 18.0 Å². The summed E-state index contributed by atoms with van der Waals surface area (Å²) in [5.41, 5.74) is 3.39. The van der Waals surface area contributed by atoms with Gasteiger partial charge in [-0.05, 0) is 37.8 Å². The fraction of sp³-hybridized carbons (Fsp3) is 0.400. The second-order valence-corrected chi connectivity index (χ2v) is 5.56. The monoisotopic (exact) mass is 261 g/mol. The van der Waals surface area contributed by atoms with Crippen molar-refractivity contribution in [2.24, 2.45) is 5.92 Å². The second-order valence-electron chi connectivity index (χ2n) is 5.15. The quantitative estimate of drug-likeness (QED) is 0.869. The lowest BCUT2D eigenvalue weighted by Crippen LogP contribution is -2.09. The van der Waals surface area contributed by atoms with Gasteiger partial charge < -0.3 is 4.98 Å². The Bertz CT molecular complexity index is 614. The van der Waals surface area contributed by atoms with Crippen LogP contribution in [-0.2, 0) is 11.2 Å². The summed E-state index contributed by atoms with van der Waals surface area (Å²) in [5, 5.41) is 1.92. The molecule has 1 saturated carbocycles. The number of rotatable bonds is 2. The van der Waals surface area contributed by atoms with Crippen molar-refractivity contribution in [3.8, 4) is 0 Å². The highest BCUT2D eigenvalue weighted by Crippen LogP contribution is 2.32. The number of aromatic amines is 1. The summed E-state index contributed by atoms with van der Waals surface area (Å²) in [6.07, 6.45) is 3.69. The van der Waals surface area contributed by atoms with Crippen molar-refractivity contribution in [3.05, 3.63) is 34.5 Å². The number of carbonyl (C=O) groups excluding carboxylic acids is 1. The third-order valence-electron chi connectivity index (χ3n) is 3.99. The van der Waals surface area contributed by atoms with Gasteiger partial charge in [-0.2, -0.15) is 0 Å². The number of Topliss-reactive ketones (excluding diaryl/α,β-unsaturated/α-hetero) is 1. The Morgan fingerprint density at radius 3 is 3.00 bits per heavy atom. The normalized spacial score (nSPS) is 19.9. The van der Waals surface area contributed by atoms with Crippen LogP contribution >= 0.6 is 11.6 Å². The highest BCUT2D eigenvalue weighted by Gasteiger charge is 2.26. The molecule has 1 N–H and O–H groups in total. The maximum atomic E-state index is 11.8. The van der Waals surface area contributed by atoms with Gasteiger partial charge in [0.25, 0.3) is 0 Å². The fourth-order valence-electron chi connectivity index (χ4n) is 2.98. The number of nitrogens with one attached hydrogen (secondary N) is 1. The third kappa shape index (κ3) is 1.85. The minimum absolute atomic E-state index is 0.210. The number of fused-ring (bicyclic) bond motifs is 1. The van der Waals surface area contributed by atoms with Gasteiger partial charge >= 0.3 is 0 Å². The average molecular weight is 262 g/mol. The fourth-order valence-corrected chi connectivity index (χ4v) is 3.20. The molecule has 3 heteroatoms. The molecular formula is C15H16ClNO. The summed E-state index contributed by atoms with van der Waals surface area (Å²) in [7, 11) is 0. The zero-order valence-electron chi connectivity index (χ0n) is 10.4. The molecular weight excluding hydrogens is 246 g/mol. The summed E-state index contributed by atoms with van der Waals surface area (Å²) in [5.74, 6) is 0.632. The van der Waals surface area contributed by atoms with Gasteiger partial charge in [0, 0.05) is 23.4 Å².